The lowest BCUT2D eigenvalue weighted by molar-refractivity contribution is -0.120. The topological polar surface area (TPSA) is 17.1 Å². The zero-order valence-electron chi connectivity index (χ0n) is 14.2. The maximum Gasteiger partial charge on any atom is 0.145 e. The monoisotopic (exact) mass is 356 g/mol. The Morgan fingerprint density at radius 3 is 2.38 bits per heavy atom. The summed E-state index contributed by atoms with van der Waals surface area (Å²) in [4.78, 5) is 12.9. The van der Waals surface area contributed by atoms with E-state index in [4.69, 9.17) is 11.6 Å². The summed E-state index contributed by atoms with van der Waals surface area (Å²) in [5.41, 5.74) is 3.54. The van der Waals surface area contributed by atoms with Crippen LogP contribution in [0.15, 0.2) is 72.8 Å². The van der Waals surface area contributed by atoms with Crippen LogP contribution >= 0.6 is 11.6 Å². The van der Waals surface area contributed by atoms with Gasteiger partial charge in [0.25, 0.3) is 0 Å². The minimum Gasteiger partial charge on any atom is -0.299 e. The van der Waals surface area contributed by atoms with Gasteiger partial charge in [-0.3, -0.25) is 4.79 Å². The predicted octanol–water partition coefficient (Wildman–Crippen LogP) is 6.10. The van der Waals surface area contributed by atoms with Gasteiger partial charge in [-0.05, 0) is 56.8 Å². The first-order valence-electron chi connectivity index (χ1n) is 8.91. The molecular weight excluding hydrogens is 340 g/mol. The van der Waals surface area contributed by atoms with Gasteiger partial charge in [0.2, 0.25) is 0 Å². The second-order valence-electron chi connectivity index (χ2n) is 7.04. The first-order chi connectivity index (χ1) is 12.7. The summed E-state index contributed by atoms with van der Waals surface area (Å²) in [6.07, 6.45) is 1.26. The molecule has 0 amide bonds. The van der Waals surface area contributed by atoms with Crippen LogP contribution in [0.3, 0.4) is 0 Å². The van der Waals surface area contributed by atoms with Crippen molar-refractivity contribution < 1.29 is 4.79 Å². The Labute approximate surface area is 157 Å². The quantitative estimate of drug-likeness (QED) is 0.377. The Balaban J connectivity index is 1.65. The van der Waals surface area contributed by atoms with Gasteiger partial charge in [-0.15, -0.1) is 0 Å². The summed E-state index contributed by atoms with van der Waals surface area (Å²) in [6, 6.07) is 24.9. The number of benzene rings is 4. The first-order valence-corrected chi connectivity index (χ1v) is 9.29. The SMILES string of the molecule is O=C1Cc2c(ccc3c2ccc2ccccc23)CC1c1ccc(Cl)cc1. The minimum atomic E-state index is -0.0716. The van der Waals surface area contributed by atoms with Crippen LogP contribution < -0.4 is 0 Å². The maximum absolute atomic E-state index is 12.9. The van der Waals surface area contributed by atoms with Crippen LogP contribution in [0.2, 0.25) is 5.02 Å². The predicted molar refractivity (Wildman–Crippen MR) is 108 cm³/mol. The molecule has 1 atom stereocenters. The summed E-state index contributed by atoms with van der Waals surface area (Å²) < 4.78 is 0. The third-order valence-electron chi connectivity index (χ3n) is 5.57. The standard InChI is InChI=1S/C24H17ClO/c25-18-9-5-16(6-10-18)23-13-17-8-12-20-19-4-2-1-3-15(19)7-11-21(20)22(17)14-24(23)26/h1-12,23H,13-14H2. The van der Waals surface area contributed by atoms with E-state index in [1.54, 1.807) is 0 Å². The molecule has 0 N–H and O–H groups in total. The summed E-state index contributed by atoms with van der Waals surface area (Å²) in [7, 11) is 0. The van der Waals surface area contributed by atoms with Gasteiger partial charge in [0, 0.05) is 17.4 Å². The first kappa shape index (κ1) is 15.6. The molecule has 1 nitrogen and oxygen atoms in total. The third-order valence-corrected chi connectivity index (χ3v) is 5.82. The fraction of sp³-hybridized carbons (Fsp3) is 0.125. The van der Waals surface area contributed by atoms with Gasteiger partial charge >= 0.3 is 0 Å². The van der Waals surface area contributed by atoms with Gasteiger partial charge in [0.1, 0.15) is 5.78 Å². The highest BCUT2D eigenvalue weighted by molar-refractivity contribution is 6.30. The number of carbonyl (C=O) groups excluding carboxylic acids is 1. The Kier molecular flexibility index (Phi) is 3.58. The molecule has 5 rings (SSSR count). The van der Waals surface area contributed by atoms with Crippen molar-refractivity contribution in [1.29, 1.82) is 0 Å². The molecule has 0 saturated heterocycles. The number of rotatable bonds is 1. The van der Waals surface area contributed by atoms with E-state index >= 15 is 0 Å². The second kappa shape index (κ2) is 5.96. The van der Waals surface area contributed by atoms with Crippen LogP contribution in [0, 0.1) is 0 Å². The molecule has 0 radical (unpaired) electrons. The Bertz CT molecular complexity index is 1160. The van der Waals surface area contributed by atoms with Crippen LogP contribution in [-0.4, -0.2) is 5.78 Å². The average molecular weight is 357 g/mol. The Morgan fingerprint density at radius 2 is 1.54 bits per heavy atom. The molecule has 0 bridgehead atoms. The minimum absolute atomic E-state index is 0.0716. The summed E-state index contributed by atoms with van der Waals surface area (Å²) >= 11 is 6.00. The molecule has 1 unspecified atom stereocenters. The van der Waals surface area contributed by atoms with Gasteiger partial charge in [-0.2, -0.15) is 0 Å². The van der Waals surface area contributed by atoms with Crippen LogP contribution in [0.5, 0.6) is 0 Å². The summed E-state index contributed by atoms with van der Waals surface area (Å²) in [5.74, 6) is 0.221. The third kappa shape index (κ3) is 2.43. The van der Waals surface area contributed by atoms with Crippen molar-refractivity contribution in [2.24, 2.45) is 0 Å². The molecular formula is C24H17ClO. The van der Waals surface area contributed by atoms with Crippen molar-refractivity contribution in [3.63, 3.8) is 0 Å². The second-order valence-corrected chi connectivity index (χ2v) is 7.47. The van der Waals surface area contributed by atoms with E-state index in [0.29, 0.717) is 17.2 Å². The maximum atomic E-state index is 12.9. The van der Waals surface area contributed by atoms with Crippen molar-refractivity contribution in [2.75, 3.05) is 0 Å². The molecule has 0 aliphatic heterocycles. The molecule has 0 spiro atoms. The van der Waals surface area contributed by atoms with E-state index < -0.39 is 0 Å². The van der Waals surface area contributed by atoms with E-state index in [-0.39, 0.29) is 5.92 Å². The van der Waals surface area contributed by atoms with E-state index in [1.807, 2.05) is 24.3 Å². The van der Waals surface area contributed by atoms with Crippen molar-refractivity contribution in [1.82, 2.24) is 0 Å². The van der Waals surface area contributed by atoms with Crippen molar-refractivity contribution in [2.45, 2.75) is 18.8 Å². The fourth-order valence-electron chi connectivity index (χ4n) is 4.23. The van der Waals surface area contributed by atoms with E-state index in [9.17, 15) is 4.79 Å². The summed E-state index contributed by atoms with van der Waals surface area (Å²) in [5, 5.41) is 5.64. The number of ketones is 1. The van der Waals surface area contributed by atoms with Crippen LogP contribution in [0.25, 0.3) is 21.5 Å². The van der Waals surface area contributed by atoms with Crippen molar-refractivity contribution >= 4 is 38.9 Å². The lowest BCUT2D eigenvalue weighted by atomic mass is 9.77. The summed E-state index contributed by atoms with van der Waals surface area (Å²) in [6.45, 7) is 0. The Morgan fingerprint density at radius 1 is 0.769 bits per heavy atom. The zero-order valence-corrected chi connectivity index (χ0v) is 15.0. The zero-order chi connectivity index (χ0) is 17.7. The van der Waals surface area contributed by atoms with Gasteiger partial charge < -0.3 is 0 Å². The molecule has 0 fully saturated rings. The number of hydrogen-bond donors (Lipinski definition) is 0. The molecule has 126 valence electrons. The lowest BCUT2D eigenvalue weighted by Crippen LogP contribution is -2.23. The molecule has 0 saturated carbocycles. The number of carbonyl (C=O) groups is 1. The largest absolute Gasteiger partial charge is 0.299 e. The van der Waals surface area contributed by atoms with Crippen LogP contribution in [-0.2, 0) is 17.6 Å². The van der Waals surface area contributed by atoms with Gasteiger partial charge in [-0.25, -0.2) is 0 Å². The molecule has 2 heteroatoms. The molecule has 0 aromatic heterocycles. The lowest BCUT2D eigenvalue weighted by Gasteiger charge is -2.25. The highest BCUT2D eigenvalue weighted by Gasteiger charge is 2.28. The van der Waals surface area contributed by atoms with Gasteiger partial charge in [-0.1, -0.05) is 72.3 Å². The van der Waals surface area contributed by atoms with Crippen LogP contribution in [0.1, 0.15) is 22.6 Å². The Hall–Kier alpha value is -2.64. The smallest absolute Gasteiger partial charge is 0.145 e. The van der Waals surface area contributed by atoms with E-state index in [1.165, 1.54) is 32.7 Å². The van der Waals surface area contributed by atoms with Gasteiger partial charge in [0.15, 0.2) is 0 Å². The fourth-order valence-corrected chi connectivity index (χ4v) is 4.35. The molecule has 26 heavy (non-hydrogen) atoms. The highest BCUT2D eigenvalue weighted by Crippen LogP contribution is 2.36. The highest BCUT2D eigenvalue weighted by atomic mass is 35.5. The van der Waals surface area contributed by atoms with Gasteiger partial charge in [0.05, 0.1) is 0 Å². The molecule has 1 aliphatic carbocycles. The number of hydrogen-bond acceptors (Lipinski definition) is 1. The van der Waals surface area contributed by atoms with Crippen LogP contribution in [0.4, 0.5) is 0 Å². The molecule has 4 aromatic rings. The molecule has 4 aromatic carbocycles. The van der Waals surface area contributed by atoms with E-state index in [2.05, 4.69) is 48.5 Å². The molecule has 1 aliphatic rings. The number of Topliss-reactive ketones (excluding diaryl/α,β-unsaturated/α-hetero) is 1. The normalized spacial score (nSPS) is 16.8. The average Bonchev–Trinajstić information content (AvgIpc) is 2.68. The number of fused-ring (bicyclic) bond motifs is 5. The van der Waals surface area contributed by atoms with Crippen molar-refractivity contribution in [3.05, 3.63) is 94.5 Å². The van der Waals surface area contributed by atoms with E-state index in [0.717, 1.165) is 12.0 Å². The van der Waals surface area contributed by atoms with Crippen molar-refractivity contribution in [3.8, 4) is 0 Å². The number of halogens is 1. The molecule has 0 heterocycles.